The normalized spacial score (nSPS) is 10.5. The van der Waals surface area contributed by atoms with Gasteiger partial charge in [-0.1, -0.05) is 0 Å². The number of amides is 2. The third kappa shape index (κ3) is 7.02. The molecule has 0 heterocycles. The van der Waals surface area contributed by atoms with Gasteiger partial charge in [0.05, 0.1) is 25.4 Å². The van der Waals surface area contributed by atoms with Crippen molar-refractivity contribution in [2.45, 2.75) is 0 Å². The Labute approximate surface area is 200 Å². The SMILES string of the molecule is COc1ccc(NC(=O)COc2ccc(/C=N/NC(=O)c3ccc([N+](=O)[O-])cc3)cc2OC)cc1. The van der Waals surface area contributed by atoms with E-state index in [4.69, 9.17) is 14.2 Å². The van der Waals surface area contributed by atoms with Crippen molar-refractivity contribution in [2.24, 2.45) is 5.10 Å². The first kappa shape index (κ1) is 24.7. The minimum absolute atomic E-state index is 0.113. The summed E-state index contributed by atoms with van der Waals surface area (Å²) in [5.74, 6) is 0.527. The van der Waals surface area contributed by atoms with E-state index in [-0.39, 0.29) is 23.8 Å². The standard InChI is InChI=1S/C24H22N4O7/c1-33-20-10-6-18(7-11-20)26-23(29)15-35-21-12-3-16(13-22(21)34-2)14-25-27-24(30)17-4-8-19(9-5-17)28(31)32/h3-14H,15H2,1-2H3,(H,26,29)(H,27,30)/b25-14+. The number of benzene rings is 3. The van der Waals surface area contributed by atoms with Gasteiger partial charge in [0.15, 0.2) is 18.1 Å². The number of carbonyl (C=O) groups excluding carboxylic acids is 2. The molecule has 180 valence electrons. The molecule has 0 spiro atoms. The van der Waals surface area contributed by atoms with Crippen molar-refractivity contribution in [3.05, 3.63) is 88.0 Å². The van der Waals surface area contributed by atoms with E-state index in [1.807, 2.05) is 0 Å². The Morgan fingerprint density at radius 3 is 2.31 bits per heavy atom. The Hall–Kier alpha value is -4.93. The summed E-state index contributed by atoms with van der Waals surface area (Å²) in [6.07, 6.45) is 1.39. The van der Waals surface area contributed by atoms with Crippen molar-refractivity contribution < 1.29 is 28.7 Å². The number of ether oxygens (including phenoxy) is 3. The lowest BCUT2D eigenvalue weighted by Gasteiger charge is -2.11. The molecule has 0 radical (unpaired) electrons. The fourth-order valence-electron chi connectivity index (χ4n) is 2.86. The lowest BCUT2D eigenvalue weighted by molar-refractivity contribution is -0.384. The minimum atomic E-state index is -0.548. The van der Waals surface area contributed by atoms with Crippen molar-refractivity contribution in [1.82, 2.24) is 5.43 Å². The zero-order chi connectivity index (χ0) is 25.2. The molecule has 0 fully saturated rings. The Kier molecular flexibility index (Phi) is 8.33. The van der Waals surface area contributed by atoms with Crippen LogP contribution < -0.4 is 25.0 Å². The molecule has 11 nitrogen and oxygen atoms in total. The zero-order valence-corrected chi connectivity index (χ0v) is 18.9. The van der Waals surface area contributed by atoms with Gasteiger partial charge < -0.3 is 19.5 Å². The van der Waals surface area contributed by atoms with Crippen molar-refractivity contribution in [2.75, 3.05) is 26.1 Å². The first-order valence-corrected chi connectivity index (χ1v) is 10.2. The van der Waals surface area contributed by atoms with Crippen LogP contribution in [0.15, 0.2) is 71.8 Å². The first-order valence-electron chi connectivity index (χ1n) is 10.2. The topological polar surface area (TPSA) is 141 Å². The molecule has 0 aliphatic heterocycles. The number of carbonyl (C=O) groups is 2. The maximum Gasteiger partial charge on any atom is 0.271 e. The van der Waals surface area contributed by atoms with E-state index < -0.39 is 10.8 Å². The lowest BCUT2D eigenvalue weighted by Crippen LogP contribution is -2.20. The molecule has 0 aromatic heterocycles. The molecule has 0 saturated heterocycles. The van der Waals surface area contributed by atoms with Crippen LogP contribution in [0.4, 0.5) is 11.4 Å². The molecule has 0 atom stereocenters. The molecule has 11 heteroatoms. The molecule has 3 rings (SSSR count). The molecule has 3 aromatic carbocycles. The number of hydrogen-bond donors (Lipinski definition) is 2. The molecule has 0 unspecified atom stereocenters. The summed E-state index contributed by atoms with van der Waals surface area (Å²) in [4.78, 5) is 34.4. The number of anilines is 1. The van der Waals surface area contributed by atoms with Crippen LogP contribution in [0.5, 0.6) is 17.2 Å². The van der Waals surface area contributed by atoms with Crippen LogP contribution in [0, 0.1) is 10.1 Å². The van der Waals surface area contributed by atoms with Crippen LogP contribution >= 0.6 is 0 Å². The van der Waals surface area contributed by atoms with Gasteiger partial charge >= 0.3 is 0 Å². The molecule has 0 aliphatic rings. The average Bonchev–Trinajstić information content (AvgIpc) is 2.88. The number of nitrogens with zero attached hydrogens (tertiary/aromatic N) is 2. The molecule has 35 heavy (non-hydrogen) atoms. The summed E-state index contributed by atoms with van der Waals surface area (Å²) in [6.45, 7) is -0.235. The van der Waals surface area contributed by atoms with E-state index in [2.05, 4.69) is 15.8 Å². The van der Waals surface area contributed by atoms with Gasteiger partial charge in [-0.05, 0) is 60.2 Å². The second-order valence-electron chi connectivity index (χ2n) is 6.98. The second kappa shape index (κ2) is 11.8. The van der Waals surface area contributed by atoms with E-state index in [9.17, 15) is 19.7 Å². The van der Waals surface area contributed by atoms with E-state index in [0.717, 1.165) is 0 Å². The minimum Gasteiger partial charge on any atom is -0.497 e. The number of nitro benzene ring substituents is 1. The predicted molar refractivity (Wildman–Crippen MR) is 128 cm³/mol. The van der Waals surface area contributed by atoms with Crippen molar-refractivity contribution in [3.63, 3.8) is 0 Å². The number of hydrogen-bond acceptors (Lipinski definition) is 8. The summed E-state index contributed by atoms with van der Waals surface area (Å²) in [5, 5.41) is 17.3. The van der Waals surface area contributed by atoms with Crippen LogP contribution in [-0.2, 0) is 4.79 Å². The average molecular weight is 478 g/mol. The van der Waals surface area contributed by atoms with Gasteiger partial charge in [0, 0.05) is 23.4 Å². The van der Waals surface area contributed by atoms with Crippen LogP contribution in [-0.4, -0.2) is 43.8 Å². The van der Waals surface area contributed by atoms with Crippen LogP contribution in [0.25, 0.3) is 0 Å². The molecule has 2 N–H and O–H groups in total. The maximum absolute atomic E-state index is 12.2. The van der Waals surface area contributed by atoms with Gasteiger partial charge in [-0.15, -0.1) is 0 Å². The van der Waals surface area contributed by atoms with Gasteiger partial charge in [-0.3, -0.25) is 19.7 Å². The first-order chi connectivity index (χ1) is 16.9. The fourth-order valence-corrected chi connectivity index (χ4v) is 2.86. The monoisotopic (exact) mass is 478 g/mol. The van der Waals surface area contributed by atoms with Crippen LogP contribution in [0.1, 0.15) is 15.9 Å². The van der Waals surface area contributed by atoms with Gasteiger partial charge in [0.2, 0.25) is 0 Å². The Balaban J connectivity index is 1.54. The highest BCUT2D eigenvalue weighted by Crippen LogP contribution is 2.27. The third-order valence-electron chi connectivity index (χ3n) is 4.64. The van der Waals surface area contributed by atoms with Crippen molar-refractivity contribution >= 4 is 29.4 Å². The third-order valence-corrected chi connectivity index (χ3v) is 4.64. The number of methoxy groups -OCH3 is 2. The smallest absolute Gasteiger partial charge is 0.271 e. The van der Waals surface area contributed by atoms with Gasteiger partial charge in [0.25, 0.3) is 17.5 Å². The van der Waals surface area contributed by atoms with E-state index in [1.165, 1.54) is 37.6 Å². The quantitative estimate of drug-likeness (QED) is 0.258. The Morgan fingerprint density at radius 2 is 1.69 bits per heavy atom. The summed E-state index contributed by atoms with van der Waals surface area (Å²) in [5.41, 5.74) is 3.66. The highest BCUT2D eigenvalue weighted by molar-refractivity contribution is 5.95. The Morgan fingerprint density at radius 1 is 0.971 bits per heavy atom. The predicted octanol–water partition coefficient (Wildman–Crippen LogP) is 3.39. The van der Waals surface area contributed by atoms with Gasteiger partial charge in [-0.2, -0.15) is 5.10 Å². The maximum atomic E-state index is 12.2. The summed E-state index contributed by atoms with van der Waals surface area (Å²) < 4.78 is 16.0. The van der Waals surface area contributed by atoms with Crippen molar-refractivity contribution in [1.29, 1.82) is 0 Å². The molecule has 2 amide bonds. The number of nitro groups is 1. The fraction of sp³-hybridized carbons (Fsp3) is 0.125. The summed E-state index contributed by atoms with van der Waals surface area (Å²) >= 11 is 0. The molecule has 0 aliphatic carbocycles. The number of hydrazone groups is 1. The zero-order valence-electron chi connectivity index (χ0n) is 18.9. The van der Waals surface area contributed by atoms with Crippen LogP contribution in [0.2, 0.25) is 0 Å². The lowest BCUT2D eigenvalue weighted by atomic mass is 10.2. The molecular weight excluding hydrogens is 456 g/mol. The highest BCUT2D eigenvalue weighted by Gasteiger charge is 2.10. The summed E-state index contributed by atoms with van der Waals surface area (Å²) in [6, 6.07) is 16.9. The number of rotatable bonds is 10. The van der Waals surface area contributed by atoms with E-state index in [0.29, 0.717) is 28.5 Å². The van der Waals surface area contributed by atoms with Gasteiger partial charge in [-0.25, -0.2) is 5.43 Å². The van der Waals surface area contributed by atoms with Crippen molar-refractivity contribution in [3.8, 4) is 17.2 Å². The van der Waals surface area contributed by atoms with E-state index in [1.54, 1.807) is 49.6 Å². The molecule has 3 aromatic rings. The number of nitrogens with one attached hydrogen (secondary N) is 2. The molecular formula is C24H22N4O7. The molecule has 0 bridgehead atoms. The molecule has 0 saturated carbocycles. The Bertz CT molecular complexity index is 1230. The van der Waals surface area contributed by atoms with Gasteiger partial charge in [0.1, 0.15) is 5.75 Å². The highest BCUT2D eigenvalue weighted by atomic mass is 16.6. The summed E-state index contributed by atoms with van der Waals surface area (Å²) in [7, 11) is 3.01. The van der Waals surface area contributed by atoms with E-state index >= 15 is 0 Å². The second-order valence-corrected chi connectivity index (χ2v) is 6.98. The van der Waals surface area contributed by atoms with Crippen LogP contribution in [0.3, 0.4) is 0 Å². The largest absolute Gasteiger partial charge is 0.497 e. The number of non-ortho nitro benzene ring substituents is 1.